The van der Waals surface area contributed by atoms with Crippen LogP contribution < -0.4 is 4.74 Å². The summed E-state index contributed by atoms with van der Waals surface area (Å²) in [5.74, 6) is 0.956. The van der Waals surface area contributed by atoms with E-state index >= 15 is 0 Å². The van der Waals surface area contributed by atoms with Crippen LogP contribution in [-0.4, -0.2) is 6.61 Å². The molecule has 0 aliphatic heterocycles. The molecule has 0 amide bonds. The van der Waals surface area contributed by atoms with Crippen LogP contribution in [0.15, 0.2) is 60.7 Å². The van der Waals surface area contributed by atoms with E-state index in [1.165, 1.54) is 22.3 Å². The molecule has 24 heavy (non-hydrogen) atoms. The summed E-state index contributed by atoms with van der Waals surface area (Å²) in [6.07, 6.45) is 3.20. The summed E-state index contributed by atoms with van der Waals surface area (Å²) >= 11 is 0. The Kier molecular flexibility index (Phi) is 4.08. The summed E-state index contributed by atoms with van der Waals surface area (Å²) in [5.41, 5.74) is 7.60. The number of hydrogen-bond donors (Lipinski definition) is 0. The fourth-order valence-electron chi connectivity index (χ4n) is 3.36. The summed E-state index contributed by atoms with van der Waals surface area (Å²) < 4.78 is 5.99. The second-order valence-electron chi connectivity index (χ2n) is 6.30. The number of unbranched alkanes of at least 4 members (excludes halogenated alkanes) is 1. The van der Waals surface area contributed by atoms with Crippen molar-refractivity contribution in [2.75, 3.05) is 6.61 Å². The molecule has 3 aromatic rings. The molecule has 0 unspecified atom stereocenters. The van der Waals surface area contributed by atoms with Crippen molar-refractivity contribution < 1.29 is 4.74 Å². The average molecular weight is 313 g/mol. The average Bonchev–Trinajstić information content (AvgIpc) is 3.00. The van der Waals surface area contributed by atoms with Crippen LogP contribution in [0.2, 0.25) is 0 Å². The Bertz CT molecular complexity index is 863. The van der Waals surface area contributed by atoms with Gasteiger partial charge in [-0.1, -0.05) is 67.9 Å². The monoisotopic (exact) mass is 313 g/mol. The van der Waals surface area contributed by atoms with Gasteiger partial charge < -0.3 is 4.74 Å². The van der Waals surface area contributed by atoms with E-state index in [1.54, 1.807) is 0 Å². The number of fused-ring (bicyclic) bond motifs is 3. The van der Waals surface area contributed by atoms with Crippen LogP contribution in [0, 0.1) is 6.07 Å². The minimum Gasteiger partial charge on any atom is -0.493 e. The lowest BCUT2D eigenvalue weighted by molar-refractivity contribution is 0.310. The van der Waals surface area contributed by atoms with Crippen molar-refractivity contribution in [1.29, 1.82) is 0 Å². The first-order valence-electron chi connectivity index (χ1n) is 8.72. The molecule has 1 aliphatic rings. The first-order valence-corrected chi connectivity index (χ1v) is 8.72. The molecule has 0 heterocycles. The molecule has 0 bridgehead atoms. The topological polar surface area (TPSA) is 9.23 Å². The van der Waals surface area contributed by atoms with Crippen molar-refractivity contribution in [1.82, 2.24) is 0 Å². The summed E-state index contributed by atoms with van der Waals surface area (Å²) in [6, 6.07) is 25.0. The van der Waals surface area contributed by atoms with Crippen LogP contribution in [0.5, 0.6) is 5.75 Å². The quantitative estimate of drug-likeness (QED) is 0.417. The van der Waals surface area contributed by atoms with E-state index < -0.39 is 0 Å². The van der Waals surface area contributed by atoms with Gasteiger partial charge in [-0.2, -0.15) is 0 Å². The van der Waals surface area contributed by atoms with Gasteiger partial charge in [0, 0.05) is 5.56 Å². The molecule has 0 fully saturated rings. The second kappa shape index (κ2) is 6.52. The minimum atomic E-state index is 0.768. The molecular formula is C23H21O. The van der Waals surface area contributed by atoms with Crippen LogP contribution in [0.4, 0.5) is 0 Å². The molecule has 1 aliphatic carbocycles. The maximum atomic E-state index is 5.99. The van der Waals surface area contributed by atoms with Gasteiger partial charge in [-0.05, 0) is 52.8 Å². The van der Waals surface area contributed by atoms with Crippen LogP contribution >= 0.6 is 0 Å². The third-order valence-electron chi connectivity index (χ3n) is 4.63. The van der Waals surface area contributed by atoms with Gasteiger partial charge in [0.15, 0.2) is 0 Å². The number of ether oxygens (including phenoxy) is 1. The third kappa shape index (κ3) is 2.71. The lowest BCUT2D eigenvalue weighted by Gasteiger charge is -2.12. The molecule has 0 saturated carbocycles. The van der Waals surface area contributed by atoms with E-state index in [0.29, 0.717) is 0 Å². The lowest BCUT2D eigenvalue weighted by Crippen LogP contribution is -1.98. The molecule has 0 aromatic heterocycles. The lowest BCUT2D eigenvalue weighted by atomic mass is 9.98. The molecule has 4 rings (SSSR count). The van der Waals surface area contributed by atoms with Crippen LogP contribution in [0.25, 0.3) is 22.3 Å². The Hall–Kier alpha value is -2.54. The van der Waals surface area contributed by atoms with Gasteiger partial charge in [0.05, 0.1) is 6.61 Å². The number of hydrogen-bond acceptors (Lipinski definition) is 1. The van der Waals surface area contributed by atoms with Crippen LogP contribution in [0.3, 0.4) is 0 Å². The third-order valence-corrected chi connectivity index (χ3v) is 4.63. The molecular weight excluding hydrogens is 292 g/mol. The van der Waals surface area contributed by atoms with E-state index in [1.807, 2.05) is 6.07 Å². The molecule has 0 atom stereocenters. The zero-order valence-corrected chi connectivity index (χ0v) is 14.0. The van der Waals surface area contributed by atoms with Crippen molar-refractivity contribution in [3.63, 3.8) is 0 Å². The summed E-state index contributed by atoms with van der Waals surface area (Å²) in [4.78, 5) is 0. The molecule has 3 aromatic carbocycles. The normalized spacial score (nSPS) is 11.9. The predicted octanol–water partition coefficient (Wildman–Crippen LogP) is 5.90. The van der Waals surface area contributed by atoms with E-state index in [9.17, 15) is 0 Å². The van der Waals surface area contributed by atoms with Crippen molar-refractivity contribution in [3.05, 3.63) is 77.9 Å². The van der Waals surface area contributed by atoms with E-state index in [2.05, 4.69) is 67.6 Å². The molecule has 119 valence electrons. The van der Waals surface area contributed by atoms with Gasteiger partial charge in [0.2, 0.25) is 0 Å². The van der Waals surface area contributed by atoms with Gasteiger partial charge in [-0.25, -0.2) is 0 Å². The highest BCUT2D eigenvalue weighted by Crippen LogP contribution is 2.39. The molecule has 0 spiro atoms. The SMILES string of the molecule is CCCCOc1ccccc1-c1[c]c2c(cc1)-c1ccccc1C2. The van der Waals surface area contributed by atoms with Crippen molar-refractivity contribution in [2.24, 2.45) is 0 Å². The zero-order valence-electron chi connectivity index (χ0n) is 14.0. The molecule has 1 nitrogen and oxygen atoms in total. The van der Waals surface area contributed by atoms with E-state index in [0.717, 1.165) is 42.7 Å². The fraction of sp³-hybridized carbons (Fsp3) is 0.217. The first-order chi connectivity index (χ1) is 11.9. The molecule has 1 heteroatoms. The predicted molar refractivity (Wildman–Crippen MR) is 99.4 cm³/mol. The number of rotatable bonds is 5. The van der Waals surface area contributed by atoms with Crippen LogP contribution in [0.1, 0.15) is 30.9 Å². The van der Waals surface area contributed by atoms with Gasteiger partial charge in [0.1, 0.15) is 5.75 Å². The molecule has 1 radical (unpaired) electrons. The van der Waals surface area contributed by atoms with Gasteiger partial charge in [-0.15, -0.1) is 0 Å². The van der Waals surface area contributed by atoms with Gasteiger partial charge >= 0.3 is 0 Å². The first kappa shape index (κ1) is 15.0. The van der Waals surface area contributed by atoms with Crippen molar-refractivity contribution in [3.8, 4) is 28.0 Å². The zero-order chi connectivity index (χ0) is 16.4. The second-order valence-corrected chi connectivity index (χ2v) is 6.30. The van der Waals surface area contributed by atoms with E-state index in [-0.39, 0.29) is 0 Å². The highest BCUT2D eigenvalue weighted by molar-refractivity contribution is 5.81. The fourth-order valence-corrected chi connectivity index (χ4v) is 3.36. The van der Waals surface area contributed by atoms with Crippen LogP contribution in [-0.2, 0) is 6.42 Å². The maximum absolute atomic E-state index is 5.99. The summed E-state index contributed by atoms with van der Waals surface area (Å²) in [7, 11) is 0. The Morgan fingerprint density at radius 3 is 2.54 bits per heavy atom. The number of para-hydroxylation sites is 1. The highest BCUT2D eigenvalue weighted by atomic mass is 16.5. The van der Waals surface area contributed by atoms with Crippen molar-refractivity contribution >= 4 is 0 Å². The Balaban J connectivity index is 1.69. The standard InChI is InChI=1S/C23H21O/c1-2-3-14-24-23-11-7-6-10-22(23)18-12-13-21-19(16-18)15-17-8-4-5-9-20(17)21/h4-13H,2-3,14-15H2,1H3. The highest BCUT2D eigenvalue weighted by Gasteiger charge is 2.19. The molecule has 0 N–H and O–H groups in total. The molecule has 0 saturated heterocycles. The van der Waals surface area contributed by atoms with Gasteiger partial charge in [-0.3, -0.25) is 0 Å². The minimum absolute atomic E-state index is 0.768. The Labute approximate surface area is 143 Å². The number of benzene rings is 3. The maximum Gasteiger partial charge on any atom is 0.127 e. The van der Waals surface area contributed by atoms with Crippen molar-refractivity contribution in [2.45, 2.75) is 26.2 Å². The van der Waals surface area contributed by atoms with Gasteiger partial charge in [0.25, 0.3) is 0 Å². The largest absolute Gasteiger partial charge is 0.493 e. The summed E-state index contributed by atoms with van der Waals surface area (Å²) in [6.45, 7) is 2.95. The summed E-state index contributed by atoms with van der Waals surface area (Å²) in [5, 5.41) is 0. The Morgan fingerprint density at radius 1 is 0.875 bits per heavy atom. The van der Waals surface area contributed by atoms with E-state index in [4.69, 9.17) is 4.74 Å². The Morgan fingerprint density at radius 2 is 1.67 bits per heavy atom. The smallest absolute Gasteiger partial charge is 0.127 e.